The van der Waals surface area contributed by atoms with Crippen LogP contribution in [0.5, 0.6) is 0 Å². The van der Waals surface area contributed by atoms with Crippen molar-refractivity contribution in [1.82, 2.24) is 4.98 Å². The highest BCUT2D eigenvalue weighted by atomic mass is 32.2. The molecule has 0 fully saturated rings. The number of thioether (sulfide) groups is 1. The summed E-state index contributed by atoms with van der Waals surface area (Å²) >= 11 is 0.850. The van der Waals surface area contributed by atoms with E-state index < -0.39 is 29.4 Å². The van der Waals surface area contributed by atoms with Crippen molar-refractivity contribution >= 4 is 17.7 Å². The van der Waals surface area contributed by atoms with Crippen molar-refractivity contribution in [1.29, 1.82) is 0 Å². The van der Waals surface area contributed by atoms with Gasteiger partial charge < -0.3 is 5.11 Å². The zero-order valence-electron chi connectivity index (χ0n) is 12.1. The summed E-state index contributed by atoms with van der Waals surface area (Å²) in [5.41, 5.74) is -3.15. The first kappa shape index (κ1) is 19.1. The zero-order chi connectivity index (χ0) is 18.8. The van der Waals surface area contributed by atoms with Gasteiger partial charge in [-0.1, -0.05) is 0 Å². The number of nitrogens with zero attached hydrogens (tertiary/aromatic N) is 1. The van der Waals surface area contributed by atoms with E-state index in [1.54, 1.807) is 0 Å². The molecule has 0 unspecified atom stereocenters. The third-order valence-electron chi connectivity index (χ3n) is 3.00. The van der Waals surface area contributed by atoms with Gasteiger partial charge in [-0.25, -0.2) is 0 Å². The van der Waals surface area contributed by atoms with E-state index in [9.17, 15) is 31.1 Å². The third kappa shape index (κ3) is 5.12. The van der Waals surface area contributed by atoms with Crippen LogP contribution in [0.15, 0.2) is 41.6 Å². The molecule has 0 bridgehead atoms. The predicted octanol–water partition coefficient (Wildman–Crippen LogP) is 4.96. The summed E-state index contributed by atoms with van der Waals surface area (Å²) in [6.07, 6.45) is -7.51. The van der Waals surface area contributed by atoms with Crippen LogP contribution in [0, 0.1) is 0 Å². The van der Waals surface area contributed by atoms with Crippen molar-refractivity contribution in [3.05, 3.63) is 47.8 Å². The van der Waals surface area contributed by atoms with Gasteiger partial charge >= 0.3 is 18.3 Å². The van der Waals surface area contributed by atoms with Gasteiger partial charge in [0.15, 0.2) is 0 Å². The topological polar surface area (TPSA) is 50.2 Å². The number of benzene rings is 1. The number of carboxylic acids is 1. The maximum atomic E-state index is 12.9. The second kappa shape index (κ2) is 6.95. The molecule has 1 aromatic heterocycles. The highest BCUT2D eigenvalue weighted by Gasteiger charge is 2.37. The van der Waals surface area contributed by atoms with E-state index in [1.165, 1.54) is 12.3 Å². The molecule has 0 aliphatic heterocycles. The third-order valence-corrected chi connectivity index (χ3v) is 3.94. The number of hydrogen-bond acceptors (Lipinski definition) is 3. The second-order valence-electron chi connectivity index (χ2n) is 4.89. The number of alkyl halides is 6. The molecule has 0 aliphatic carbocycles. The molecule has 0 spiro atoms. The van der Waals surface area contributed by atoms with Gasteiger partial charge in [0.2, 0.25) is 0 Å². The minimum absolute atomic E-state index is 0.0204. The Bertz CT molecular complexity index is 756. The summed E-state index contributed by atoms with van der Waals surface area (Å²) in [5, 5.41) is 8.62. The first-order valence-electron chi connectivity index (χ1n) is 6.56. The van der Waals surface area contributed by atoms with Crippen LogP contribution in [0.2, 0.25) is 0 Å². The molecular formula is C15H9F6NO2S. The Morgan fingerprint density at radius 3 is 1.96 bits per heavy atom. The molecule has 0 saturated heterocycles. The lowest BCUT2D eigenvalue weighted by molar-refractivity contribution is -0.143. The van der Waals surface area contributed by atoms with Crippen LogP contribution in [0.1, 0.15) is 11.1 Å². The number of carbonyl (C=O) groups is 1. The summed E-state index contributed by atoms with van der Waals surface area (Å²) in [7, 11) is 0. The van der Waals surface area contributed by atoms with Gasteiger partial charge in [-0.2, -0.15) is 26.3 Å². The lowest BCUT2D eigenvalue weighted by atomic mass is 10.0. The summed E-state index contributed by atoms with van der Waals surface area (Å²) in [5.74, 6) is -1.43. The fraction of sp³-hybridized carbons (Fsp3) is 0.200. The van der Waals surface area contributed by atoms with Crippen molar-refractivity contribution in [3.8, 4) is 11.1 Å². The molecule has 1 heterocycles. The van der Waals surface area contributed by atoms with E-state index in [1.807, 2.05) is 0 Å². The first-order chi connectivity index (χ1) is 11.5. The van der Waals surface area contributed by atoms with Crippen LogP contribution in [0.4, 0.5) is 26.3 Å². The van der Waals surface area contributed by atoms with E-state index in [2.05, 4.69) is 4.98 Å². The quantitative estimate of drug-likeness (QED) is 0.601. The van der Waals surface area contributed by atoms with E-state index in [0.29, 0.717) is 17.0 Å². The minimum atomic E-state index is -4.95. The summed E-state index contributed by atoms with van der Waals surface area (Å²) in [6.45, 7) is 0. The van der Waals surface area contributed by atoms with Crippen molar-refractivity contribution in [2.75, 3.05) is 5.75 Å². The summed E-state index contributed by atoms with van der Waals surface area (Å²) in [4.78, 5) is 14.6. The average molecular weight is 381 g/mol. The Labute approximate surface area is 141 Å². The maximum absolute atomic E-state index is 12.9. The number of rotatable bonds is 4. The molecule has 25 heavy (non-hydrogen) atoms. The molecule has 0 amide bonds. The van der Waals surface area contributed by atoms with E-state index in [-0.39, 0.29) is 22.9 Å². The van der Waals surface area contributed by atoms with Gasteiger partial charge in [0.05, 0.1) is 16.9 Å². The largest absolute Gasteiger partial charge is 0.481 e. The molecule has 0 saturated carbocycles. The molecular weight excluding hydrogens is 372 g/mol. The molecule has 3 nitrogen and oxygen atoms in total. The molecule has 0 radical (unpaired) electrons. The van der Waals surface area contributed by atoms with Crippen LogP contribution >= 0.6 is 11.8 Å². The van der Waals surface area contributed by atoms with Crippen molar-refractivity contribution in [2.45, 2.75) is 17.2 Å². The lowest BCUT2D eigenvalue weighted by Gasteiger charge is -2.14. The van der Waals surface area contributed by atoms with Crippen LogP contribution in [0.3, 0.4) is 0 Å². The lowest BCUT2D eigenvalue weighted by Crippen LogP contribution is -2.11. The highest BCUT2D eigenvalue weighted by molar-refractivity contribution is 8.00. The Balaban J connectivity index is 2.51. The van der Waals surface area contributed by atoms with Gasteiger partial charge in [-0.05, 0) is 29.8 Å². The number of aliphatic carboxylic acids is 1. The molecule has 0 atom stereocenters. The number of halogens is 6. The van der Waals surface area contributed by atoms with Gasteiger partial charge in [0.25, 0.3) is 0 Å². The number of aromatic nitrogens is 1. The van der Waals surface area contributed by atoms with Gasteiger partial charge in [-0.15, -0.1) is 11.8 Å². The van der Waals surface area contributed by atoms with Crippen LogP contribution in [0.25, 0.3) is 11.1 Å². The van der Waals surface area contributed by atoms with E-state index in [4.69, 9.17) is 5.11 Å². The van der Waals surface area contributed by atoms with E-state index in [0.717, 1.165) is 18.0 Å². The predicted molar refractivity (Wildman–Crippen MR) is 78.0 cm³/mol. The Morgan fingerprint density at radius 1 is 0.920 bits per heavy atom. The molecule has 0 aliphatic rings. The number of hydrogen-bond donors (Lipinski definition) is 1. The first-order valence-corrected chi connectivity index (χ1v) is 7.55. The van der Waals surface area contributed by atoms with Gasteiger partial charge in [0, 0.05) is 22.9 Å². The Hall–Kier alpha value is -2.23. The van der Waals surface area contributed by atoms with Crippen molar-refractivity contribution in [2.24, 2.45) is 0 Å². The van der Waals surface area contributed by atoms with Gasteiger partial charge in [0.1, 0.15) is 0 Å². The monoisotopic (exact) mass is 381 g/mol. The van der Waals surface area contributed by atoms with Crippen LogP contribution in [-0.4, -0.2) is 21.8 Å². The molecule has 2 aromatic rings. The summed E-state index contributed by atoms with van der Waals surface area (Å²) in [6, 6.07) is 2.52. The molecule has 1 aromatic carbocycles. The smallest absolute Gasteiger partial charge is 0.416 e. The zero-order valence-corrected chi connectivity index (χ0v) is 13.0. The second-order valence-corrected chi connectivity index (χ2v) is 5.94. The number of carboxylic acid groups (broad SMARTS) is 1. The van der Waals surface area contributed by atoms with Crippen LogP contribution < -0.4 is 0 Å². The minimum Gasteiger partial charge on any atom is -0.481 e. The van der Waals surface area contributed by atoms with E-state index >= 15 is 0 Å². The number of pyridine rings is 1. The van der Waals surface area contributed by atoms with Gasteiger partial charge in [-0.3, -0.25) is 9.78 Å². The van der Waals surface area contributed by atoms with Crippen LogP contribution in [-0.2, 0) is 17.1 Å². The Kier molecular flexibility index (Phi) is 5.31. The highest BCUT2D eigenvalue weighted by Crippen LogP contribution is 2.38. The average Bonchev–Trinajstić information content (AvgIpc) is 2.51. The maximum Gasteiger partial charge on any atom is 0.416 e. The van der Waals surface area contributed by atoms with Crippen molar-refractivity contribution < 1.29 is 36.2 Å². The normalized spacial score (nSPS) is 12.2. The van der Waals surface area contributed by atoms with Crippen molar-refractivity contribution in [3.63, 3.8) is 0 Å². The molecule has 2 rings (SSSR count). The SMILES string of the molecule is O=C(O)CSc1cncc(-c2cc(C(F)(F)F)cc(C(F)(F)F)c2)c1. The fourth-order valence-corrected chi connectivity index (χ4v) is 2.56. The fourth-order valence-electron chi connectivity index (χ4n) is 1.92. The molecule has 1 N–H and O–H groups in total. The standard InChI is InChI=1S/C15H9F6NO2S/c16-14(17,18)10-1-8(2-11(4-10)15(19,20)21)9-3-12(6-22-5-9)25-7-13(23)24/h1-6H,7H2,(H,23,24). The molecule has 134 valence electrons. The molecule has 10 heteroatoms. The Morgan fingerprint density at radius 2 is 1.48 bits per heavy atom. The summed E-state index contributed by atoms with van der Waals surface area (Å²) < 4.78 is 77.3.